The number of aryl methyl sites for hydroxylation is 1. The number of rotatable bonds is 6. The minimum Gasteiger partial charge on any atom is -0.462 e. The molecule has 1 amide bonds. The molecular formula is C21H23BrF3N3O3S. The molecule has 1 atom stereocenters. The van der Waals surface area contributed by atoms with Gasteiger partial charge in [-0.1, -0.05) is 0 Å². The van der Waals surface area contributed by atoms with E-state index in [0.29, 0.717) is 16.3 Å². The largest absolute Gasteiger partial charge is 0.462 e. The highest BCUT2D eigenvalue weighted by Crippen LogP contribution is 2.48. The number of carbonyl (C=O) groups is 2. The van der Waals surface area contributed by atoms with Crippen LogP contribution >= 0.6 is 27.3 Å². The van der Waals surface area contributed by atoms with Gasteiger partial charge in [0.05, 0.1) is 22.3 Å². The fourth-order valence-corrected chi connectivity index (χ4v) is 6.12. The summed E-state index contributed by atoms with van der Waals surface area (Å²) in [6.07, 6.45) is 0.385. The first-order chi connectivity index (χ1) is 15.1. The highest BCUT2D eigenvalue weighted by molar-refractivity contribution is 9.10. The van der Waals surface area contributed by atoms with Crippen molar-refractivity contribution in [1.82, 2.24) is 9.78 Å². The number of carbonyl (C=O) groups excluding carboxylic acids is 2. The molecule has 0 aliphatic heterocycles. The molecule has 2 heterocycles. The van der Waals surface area contributed by atoms with Gasteiger partial charge in [0.1, 0.15) is 11.0 Å². The first-order valence-corrected chi connectivity index (χ1v) is 12.2. The zero-order valence-electron chi connectivity index (χ0n) is 17.6. The highest BCUT2D eigenvalue weighted by atomic mass is 79.9. The van der Waals surface area contributed by atoms with Crippen LogP contribution in [0.4, 0.5) is 18.2 Å². The Labute approximate surface area is 195 Å². The Hall–Kier alpha value is -1.88. The number of esters is 1. The summed E-state index contributed by atoms with van der Waals surface area (Å²) in [6.45, 7) is 3.43. The monoisotopic (exact) mass is 533 g/mol. The third-order valence-electron chi connectivity index (χ3n) is 5.75. The second-order valence-corrected chi connectivity index (χ2v) is 9.96. The predicted octanol–water partition coefficient (Wildman–Crippen LogP) is 5.86. The lowest BCUT2D eigenvalue weighted by molar-refractivity contribution is -0.142. The number of fused-ring (bicyclic) bond motifs is 1. The standard InChI is InChI=1S/C21H23BrF3N3O3S/c1-3-31-20(30)14-12-6-4-5-7-13(12)32-19(14)26-18(29)10(2)28-16(11-8-9-11)15(22)17(27-28)21(23,24)25/h10-11H,3-9H2,1-2H3,(H,26,29). The minimum atomic E-state index is -4.63. The Kier molecular flexibility index (Phi) is 6.41. The van der Waals surface area contributed by atoms with Crippen molar-refractivity contribution < 1.29 is 27.5 Å². The molecule has 1 N–H and O–H groups in total. The van der Waals surface area contributed by atoms with E-state index in [9.17, 15) is 22.8 Å². The number of ether oxygens (including phenoxy) is 1. The first-order valence-electron chi connectivity index (χ1n) is 10.6. The van der Waals surface area contributed by atoms with Crippen molar-refractivity contribution in [2.24, 2.45) is 0 Å². The molecule has 1 unspecified atom stereocenters. The van der Waals surface area contributed by atoms with Gasteiger partial charge in [-0.2, -0.15) is 18.3 Å². The van der Waals surface area contributed by atoms with Gasteiger partial charge in [-0.15, -0.1) is 11.3 Å². The van der Waals surface area contributed by atoms with Gasteiger partial charge in [-0.3, -0.25) is 9.48 Å². The summed E-state index contributed by atoms with van der Waals surface area (Å²) in [5, 5.41) is 6.92. The van der Waals surface area contributed by atoms with Crippen molar-refractivity contribution in [2.45, 2.75) is 70.5 Å². The summed E-state index contributed by atoms with van der Waals surface area (Å²) in [5.74, 6) is -1.08. The molecule has 0 spiro atoms. The van der Waals surface area contributed by atoms with Gasteiger partial charge in [0.25, 0.3) is 0 Å². The third kappa shape index (κ3) is 4.33. The third-order valence-corrected chi connectivity index (χ3v) is 7.74. The average Bonchev–Trinajstić information content (AvgIpc) is 3.40. The zero-order valence-corrected chi connectivity index (χ0v) is 20.0. The van der Waals surface area contributed by atoms with E-state index in [4.69, 9.17) is 4.74 Å². The number of thiophene rings is 1. The smallest absolute Gasteiger partial charge is 0.436 e. The minimum absolute atomic E-state index is 0.0626. The van der Waals surface area contributed by atoms with Crippen LogP contribution in [-0.2, 0) is 28.5 Å². The molecule has 0 saturated heterocycles. The maximum Gasteiger partial charge on any atom is 0.436 e. The molecule has 2 aliphatic carbocycles. The Balaban J connectivity index is 1.66. The molecule has 0 radical (unpaired) electrons. The lowest BCUT2D eigenvalue weighted by Gasteiger charge is -2.16. The number of alkyl halides is 3. The summed E-state index contributed by atoms with van der Waals surface area (Å²) in [6, 6.07) is -0.993. The van der Waals surface area contributed by atoms with E-state index in [1.807, 2.05) is 0 Å². The second-order valence-electron chi connectivity index (χ2n) is 8.07. The summed E-state index contributed by atoms with van der Waals surface area (Å²) < 4.78 is 46.5. The van der Waals surface area contributed by atoms with Crippen LogP contribution in [-0.4, -0.2) is 28.3 Å². The van der Waals surface area contributed by atoms with Gasteiger partial charge >= 0.3 is 12.1 Å². The van der Waals surface area contributed by atoms with Crippen molar-refractivity contribution in [1.29, 1.82) is 0 Å². The molecule has 0 aromatic carbocycles. The van der Waals surface area contributed by atoms with E-state index in [0.717, 1.165) is 53.6 Å². The van der Waals surface area contributed by atoms with Crippen molar-refractivity contribution in [3.63, 3.8) is 0 Å². The first kappa shape index (κ1) is 23.3. The number of anilines is 1. The van der Waals surface area contributed by atoms with Crippen molar-refractivity contribution in [3.05, 3.63) is 31.9 Å². The molecule has 11 heteroatoms. The van der Waals surface area contributed by atoms with Gasteiger partial charge in [-0.05, 0) is 73.9 Å². The summed E-state index contributed by atoms with van der Waals surface area (Å²) in [4.78, 5) is 26.8. The molecule has 0 bridgehead atoms. The molecule has 1 fully saturated rings. The van der Waals surface area contributed by atoms with Crippen molar-refractivity contribution in [3.8, 4) is 0 Å². The molecule has 174 valence electrons. The quantitative estimate of drug-likeness (QED) is 0.472. The fourth-order valence-electron chi connectivity index (χ4n) is 4.03. The van der Waals surface area contributed by atoms with Crippen LogP contribution in [0.15, 0.2) is 4.47 Å². The van der Waals surface area contributed by atoms with E-state index in [2.05, 4.69) is 26.3 Å². The maximum absolute atomic E-state index is 13.4. The number of amides is 1. The van der Waals surface area contributed by atoms with Gasteiger partial charge < -0.3 is 10.1 Å². The number of nitrogens with one attached hydrogen (secondary N) is 1. The maximum atomic E-state index is 13.4. The van der Waals surface area contributed by atoms with E-state index in [1.54, 1.807) is 6.92 Å². The molecule has 32 heavy (non-hydrogen) atoms. The number of hydrogen-bond acceptors (Lipinski definition) is 5. The molecule has 2 aromatic heterocycles. The Morgan fingerprint density at radius 3 is 2.62 bits per heavy atom. The number of halogens is 4. The summed E-state index contributed by atoms with van der Waals surface area (Å²) in [5.41, 5.74) is 0.628. The molecule has 1 saturated carbocycles. The van der Waals surface area contributed by atoms with E-state index in [1.165, 1.54) is 18.3 Å². The zero-order chi connectivity index (χ0) is 23.2. The second kappa shape index (κ2) is 8.81. The lowest BCUT2D eigenvalue weighted by atomic mass is 9.95. The van der Waals surface area contributed by atoms with Crippen LogP contribution in [0, 0.1) is 0 Å². The SMILES string of the molecule is CCOC(=O)c1c(NC(=O)C(C)n2nc(C(F)(F)F)c(Br)c2C2CC2)sc2c1CCCC2. The van der Waals surface area contributed by atoms with Crippen LogP contribution in [0.5, 0.6) is 0 Å². The molecule has 2 aliphatic rings. The summed E-state index contributed by atoms with van der Waals surface area (Å²) >= 11 is 4.40. The topological polar surface area (TPSA) is 73.2 Å². The molecule has 4 rings (SSSR count). The average molecular weight is 534 g/mol. The van der Waals surface area contributed by atoms with Crippen LogP contribution in [0.2, 0.25) is 0 Å². The van der Waals surface area contributed by atoms with Gasteiger partial charge in [-0.25, -0.2) is 4.79 Å². The molecular weight excluding hydrogens is 511 g/mol. The molecule has 6 nitrogen and oxygen atoms in total. The number of nitrogens with zero attached hydrogens (tertiary/aromatic N) is 2. The molecule has 2 aromatic rings. The van der Waals surface area contributed by atoms with Crippen LogP contribution in [0.1, 0.15) is 83.7 Å². The number of aromatic nitrogens is 2. The van der Waals surface area contributed by atoms with E-state index >= 15 is 0 Å². The summed E-state index contributed by atoms with van der Waals surface area (Å²) in [7, 11) is 0. The van der Waals surface area contributed by atoms with Crippen LogP contribution in [0.3, 0.4) is 0 Å². The normalized spacial score (nSPS) is 17.1. The van der Waals surface area contributed by atoms with E-state index < -0.39 is 29.8 Å². The van der Waals surface area contributed by atoms with Gasteiger partial charge in [0.2, 0.25) is 5.91 Å². The lowest BCUT2D eigenvalue weighted by Crippen LogP contribution is -2.26. The Morgan fingerprint density at radius 1 is 1.31 bits per heavy atom. The van der Waals surface area contributed by atoms with Gasteiger partial charge in [0.15, 0.2) is 5.69 Å². The Bertz CT molecular complexity index is 1060. The van der Waals surface area contributed by atoms with Crippen LogP contribution in [0.25, 0.3) is 0 Å². The fraction of sp³-hybridized carbons (Fsp3) is 0.571. The Morgan fingerprint density at radius 2 is 2.00 bits per heavy atom. The highest BCUT2D eigenvalue weighted by Gasteiger charge is 2.43. The van der Waals surface area contributed by atoms with Gasteiger partial charge in [0, 0.05) is 10.8 Å². The number of hydrogen-bond donors (Lipinski definition) is 1. The van der Waals surface area contributed by atoms with E-state index in [-0.39, 0.29) is 17.0 Å². The van der Waals surface area contributed by atoms with Crippen molar-refractivity contribution in [2.75, 3.05) is 11.9 Å². The van der Waals surface area contributed by atoms with Crippen molar-refractivity contribution >= 4 is 44.1 Å². The predicted molar refractivity (Wildman–Crippen MR) is 117 cm³/mol. The van der Waals surface area contributed by atoms with Crippen LogP contribution < -0.4 is 5.32 Å².